The second-order valence-corrected chi connectivity index (χ2v) is 15.8. The zero-order valence-corrected chi connectivity index (χ0v) is 31.0. The molecule has 0 spiro atoms. The number of piperidine rings is 2. The number of carboxylic acids is 1. The summed E-state index contributed by atoms with van der Waals surface area (Å²) in [6, 6.07) is 1.37. The minimum absolute atomic E-state index is 0.0172. The lowest BCUT2D eigenvalue weighted by molar-refractivity contribution is -0.162. The molecule has 17 heteroatoms. The molecule has 2 N–H and O–H groups in total. The third-order valence-electron chi connectivity index (χ3n) is 11.1. The van der Waals surface area contributed by atoms with Crippen LogP contribution in [0.25, 0.3) is 0 Å². The SMILES string of the molecule is CCC[C@H]1N(C(=O)c2ncccc2C(F)(F)F)CCC[C@@]1(Oc1csc(C(F)(F)F)c1)C(=O)N1CCC(O)(C2=C(OCC3(CC(=O)O)CC3)CCC=C2)CC1. The Morgan fingerprint density at radius 1 is 1.04 bits per heavy atom. The highest BCUT2D eigenvalue weighted by Crippen LogP contribution is 2.50. The highest BCUT2D eigenvalue weighted by Gasteiger charge is 2.57. The van der Waals surface area contributed by atoms with E-state index in [9.17, 15) is 50.9 Å². The Kier molecular flexibility index (Phi) is 11.4. The van der Waals surface area contributed by atoms with E-state index in [-0.39, 0.29) is 70.5 Å². The number of likely N-dealkylation sites (tertiary alicyclic amines) is 2. The molecule has 2 amide bonds. The van der Waals surface area contributed by atoms with Crippen molar-refractivity contribution in [1.29, 1.82) is 0 Å². The van der Waals surface area contributed by atoms with E-state index in [0.29, 0.717) is 41.9 Å². The van der Waals surface area contributed by atoms with Gasteiger partial charge in [-0.05, 0) is 57.1 Å². The molecule has 0 unspecified atom stereocenters. The average molecular weight is 800 g/mol. The molecule has 4 aliphatic rings. The van der Waals surface area contributed by atoms with Crippen LogP contribution in [0.3, 0.4) is 0 Å². The largest absolute Gasteiger partial charge is 0.497 e. The molecule has 2 atom stereocenters. The van der Waals surface area contributed by atoms with Crippen molar-refractivity contribution in [2.75, 3.05) is 26.2 Å². The molecular formula is C38H43F6N3O7S. The van der Waals surface area contributed by atoms with Crippen molar-refractivity contribution in [3.05, 3.63) is 69.4 Å². The van der Waals surface area contributed by atoms with E-state index in [1.54, 1.807) is 13.0 Å². The first kappa shape index (κ1) is 40.5. The van der Waals surface area contributed by atoms with Crippen LogP contribution in [0.1, 0.15) is 98.5 Å². The fraction of sp³-hybridized carbons (Fsp3) is 0.579. The van der Waals surface area contributed by atoms with Gasteiger partial charge in [-0.3, -0.25) is 19.4 Å². The number of thiophene rings is 1. The summed E-state index contributed by atoms with van der Waals surface area (Å²) in [5, 5.41) is 22.5. The molecular weight excluding hydrogens is 756 g/mol. The van der Waals surface area contributed by atoms with Gasteiger partial charge in [-0.25, -0.2) is 0 Å². The summed E-state index contributed by atoms with van der Waals surface area (Å²) in [5.74, 6) is -2.36. The number of carbonyl (C=O) groups excluding carboxylic acids is 2. The highest BCUT2D eigenvalue weighted by atomic mass is 32.1. The van der Waals surface area contributed by atoms with Crippen LogP contribution in [0, 0.1) is 5.41 Å². The van der Waals surface area contributed by atoms with E-state index < -0.39 is 68.9 Å². The number of ether oxygens (including phenoxy) is 2. The second kappa shape index (κ2) is 15.4. The molecule has 300 valence electrons. The summed E-state index contributed by atoms with van der Waals surface area (Å²) in [6.07, 6.45) is -1.78. The number of nitrogens with zero attached hydrogens (tertiary/aromatic N) is 3. The Morgan fingerprint density at radius 2 is 1.76 bits per heavy atom. The number of halogens is 6. The van der Waals surface area contributed by atoms with Crippen molar-refractivity contribution >= 4 is 29.1 Å². The number of allylic oxidation sites excluding steroid dienone is 2. The van der Waals surface area contributed by atoms with Crippen LogP contribution in [0.2, 0.25) is 0 Å². The molecule has 0 aromatic carbocycles. The minimum atomic E-state index is -4.92. The predicted molar refractivity (Wildman–Crippen MR) is 187 cm³/mol. The summed E-state index contributed by atoms with van der Waals surface area (Å²) < 4.78 is 95.7. The van der Waals surface area contributed by atoms with Crippen molar-refractivity contribution in [2.24, 2.45) is 5.41 Å². The molecule has 2 saturated heterocycles. The molecule has 4 heterocycles. The quantitative estimate of drug-likeness (QED) is 0.210. The predicted octanol–water partition coefficient (Wildman–Crippen LogP) is 7.63. The van der Waals surface area contributed by atoms with Crippen molar-refractivity contribution < 1.29 is 60.4 Å². The number of rotatable bonds is 12. The second-order valence-electron chi connectivity index (χ2n) is 14.9. The van der Waals surface area contributed by atoms with Gasteiger partial charge in [0.05, 0.1) is 30.2 Å². The first-order valence-corrected chi connectivity index (χ1v) is 19.2. The Balaban J connectivity index is 1.31. The number of pyridine rings is 1. The van der Waals surface area contributed by atoms with Gasteiger partial charge in [-0.2, -0.15) is 26.3 Å². The first-order valence-electron chi connectivity index (χ1n) is 18.4. The number of alkyl halides is 6. The van der Waals surface area contributed by atoms with Gasteiger partial charge in [-0.15, -0.1) is 11.3 Å². The van der Waals surface area contributed by atoms with Crippen LogP contribution in [0.15, 0.2) is 53.3 Å². The number of aliphatic hydroxyl groups is 1. The van der Waals surface area contributed by atoms with E-state index in [1.807, 2.05) is 6.08 Å². The van der Waals surface area contributed by atoms with Gasteiger partial charge in [0.25, 0.3) is 11.8 Å². The van der Waals surface area contributed by atoms with Gasteiger partial charge >= 0.3 is 18.3 Å². The van der Waals surface area contributed by atoms with Crippen molar-refractivity contribution in [1.82, 2.24) is 14.8 Å². The standard InChI is InChI=1S/C38H43F6N3O7S/c1-2-7-28-36(54-24-20-29(55-22-24)38(42,43)44,11-6-17-47(28)32(50)31-26(37(39,40)41)9-5-16-45-31)33(51)46-18-14-35(52,15-19-46)25-8-3-4-10-27(25)53-23-34(12-13-34)21-30(48)49/h3,5,8-9,16,20,22,28,52H,2,4,6-7,10-15,17-19,21,23H2,1H3,(H,48,49)/t28-,36+/m1/s1. The van der Waals surface area contributed by atoms with E-state index >= 15 is 0 Å². The topological polar surface area (TPSA) is 130 Å². The van der Waals surface area contributed by atoms with E-state index in [0.717, 1.165) is 47.5 Å². The Bertz CT molecular complexity index is 1830. The molecule has 10 nitrogen and oxygen atoms in total. The molecule has 55 heavy (non-hydrogen) atoms. The van der Waals surface area contributed by atoms with E-state index in [2.05, 4.69) is 4.98 Å². The molecule has 2 aromatic heterocycles. The summed E-state index contributed by atoms with van der Waals surface area (Å²) in [4.78, 5) is 45.7. The monoisotopic (exact) mass is 799 g/mol. The Morgan fingerprint density at radius 3 is 2.38 bits per heavy atom. The maximum atomic E-state index is 14.9. The zero-order valence-electron chi connectivity index (χ0n) is 30.2. The third kappa shape index (κ3) is 8.52. The maximum absolute atomic E-state index is 14.9. The van der Waals surface area contributed by atoms with Gasteiger partial charge in [-0.1, -0.05) is 25.5 Å². The van der Waals surface area contributed by atoms with E-state index in [4.69, 9.17) is 9.47 Å². The molecule has 0 radical (unpaired) electrons. The summed E-state index contributed by atoms with van der Waals surface area (Å²) in [6.45, 7) is 1.86. The smallest absolute Gasteiger partial charge is 0.425 e. The summed E-state index contributed by atoms with van der Waals surface area (Å²) >= 11 is 0.366. The van der Waals surface area contributed by atoms with Crippen LogP contribution in [0.4, 0.5) is 26.3 Å². The van der Waals surface area contributed by atoms with Crippen LogP contribution in [-0.2, 0) is 26.7 Å². The lowest BCUT2D eigenvalue weighted by atomic mass is 9.77. The highest BCUT2D eigenvalue weighted by molar-refractivity contribution is 7.10. The molecule has 2 aliphatic heterocycles. The molecule has 3 fully saturated rings. The van der Waals surface area contributed by atoms with Gasteiger partial charge in [0.15, 0.2) is 0 Å². The minimum Gasteiger partial charge on any atom is -0.497 e. The number of hydrogen-bond acceptors (Lipinski definition) is 8. The lowest BCUT2D eigenvalue weighted by Gasteiger charge is -2.51. The number of carbonyl (C=O) groups is 3. The van der Waals surface area contributed by atoms with Gasteiger partial charge in [0, 0.05) is 61.1 Å². The normalized spacial score (nSPS) is 23.7. The molecule has 2 aromatic rings. The number of aromatic nitrogens is 1. The molecule has 2 aliphatic carbocycles. The lowest BCUT2D eigenvalue weighted by Crippen LogP contribution is -2.69. The summed E-state index contributed by atoms with van der Waals surface area (Å²) in [5.41, 5.74) is -5.45. The molecule has 6 rings (SSSR count). The Hall–Kier alpha value is -4.12. The van der Waals surface area contributed by atoms with Gasteiger partial charge < -0.3 is 29.5 Å². The zero-order chi connectivity index (χ0) is 39.8. The Labute approximate surface area is 317 Å². The molecule has 1 saturated carbocycles. The van der Waals surface area contributed by atoms with Crippen molar-refractivity contribution in [3.8, 4) is 5.75 Å². The van der Waals surface area contributed by atoms with Crippen LogP contribution in [-0.4, -0.2) is 86.3 Å². The summed E-state index contributed by atoms with van der Waals surface area (Å²) in [7, 11) is 0. The number of carboxylic acid groups (broad SMARTS) is 1. The van der Waals surface area contributed by atoms with Crippen LogP contribution >= 0.6 is 11.3 Å². The number of aliphatic carboxylic acids is 1. The van der Waals surface area contributed by atoms with Gasteiger partial charge in [0.1, 0.15) is 22.1 Å². The van der Waals surface area contributed by atoms with Crippen molar-refractivity contribution in [2.45, 2.75) is 107 Å². The number of hydrogen-bond donors (Lipinski definition) is 2. The number of amides is 2. The van der Waals surface area contributed by atoms with Crippen LogP contribution < -0.4 is 4.74 Å². The van der Waals surface area contributed by atoms with Crippen molar-refractivity contribution in [3.63, 3.8) is 0 Å². The average Bonchev–Trinajstić information content (AvgIpc) is 3.72. The van der Waals surface area contributed by atoms with Crippen LogP contribution in [0.5, 0.6) is 5.75 Å². The van der Waals surface area contributed by atoms with Gasteiger partial charge in [0.2, 0.25) is 5.60 Å². The molecule has 0 bridgehead atoms. The third-order valence-corrected chi connectivity index (χ3v) is 12.0. The van der Waals surface area contributed by atoms with E-state index in [1.165, 1.54) is 4.90 Å². The maximum Gasteiger partial charge on any atom is 0.425 e. The fourth-order valence-corrected chi connectivity index (χ4v) is 8.69. The fourth-order valence-electron chi connectivity index (χ4n) is 8.01. The first-order chi connectivity index (χ1) is 25.9.